The zero-order valence-electron chi connectivity index (χ0n) is 12.5. The van der Waals surface area contributed by atoms with Gasteiger partial charge in [0.15, 0.2) is 0 Å². The summed E-state index contributed by atoms with van der Waals surface area (Å²) in [6, 6.07) is 5.33. The first kappa shape index (κ1) is 15.6. The predicted molar refractivity (Wildman–Crippen MR) is 87.0 cm³/mol. The number of fused-ring (bicyclic) bond motifs is 3. The van der Waals surface area contributed by atoms with Crippen LogP contribution in [-0.2, 0) is 11.3 Å². The molecule has 2 heterocycles. The lowest BCUT2D eigenvalue weighted by molar-refractivity contribution is -0.137. The summed E-state index contributed by atoms with van der Waals surface area (Å²) < 4.78 is 6.79. The van der Waals surface area contributed by atoms with E-state index >= 15 is 0 Å². The van der Waals surface area contributed by atoms with Crippen LogP contribution in [0.15, 0.2) is 27.5 Å². The minimum atomic E-state index is -0.837. The molecule has 0 aliphatic carbocycles. The lowest BCUT2D eigenvalue weighted by atomic mass is 10.1. The Bertz CT molecular complexity index is 958. The Morgan fingerprint density at radius 2 is 2.13 bits per heavy atom. The number of carbonyl (C=O) groups is 1. The zero-order chi connectivity index (χ0) is 16.6. The summed E-state index contributed by atoms with van der Waals surface area (Å²) in [5.74, 6) is -0.387. The fourth-order valence-corrected chi connectivity index (χ4v) is 3.04. The number of aromatic nitrogens is 2. The van der Waals surface area contributed by atoms with E-state index < -0.39 is 5.97 Å². The second-order valence-electron chi connectivity index (χ2n) is 5.40. The number of aryl methyl sites for hydroxylation is 2. The first-order valence-electron chi connectivity index (χ1n) is 7.29. The molecule has 120 valence electrons. The van der Waals surface area contributed by atoms with Crippen molar-refractivity contribution in [3.63, 3.8) is 0 Å². The van der Waals surface area contributed by atoms with Crippen LogP contribution >= 0.6 is 11.6 Å². The van der Waals surface area contributed by atoms with E-state index in [0.717, 1.165) is 0 Å². The van der Waals surface area contributed by atoms with Crippen molar-refractivity contribution in [3.05, 3.63) is 39.3 Å². The molecule has 0 bridgehead atoms. The quantitative estimate of drug-likeness (QED) is 0.723. The van der Waals surface area contributed by atoms with Gasteiger partial charge in [-0.25, -0.2) is 0 Å². The standard InChI is InChI=1S/C16H15ClN2O4/c1-9-13-15(18-23-9)14-10(17)5-4-6-11(14)19(16(13)22)8-3-2-7-12(20)21/h4-6H,2-3,7-8H2,1H3,(H,20,21). The lowest BCUT2D eigenvalue weighted by Gasteiger charge is -2.11. The Balaban J connectivity index is 2.16. The fourth-order valence-electron chi connectivity index (χ4n) is 2.78. The first-order chi connectivity index (χ1) is 11.0. The number of hydrogen-bond acceptors (Lipinski definition) is 4. The van der Waals surface area contributed by atoms with Gasteiger partial charge in [0, 0.05) is 18.4 Å². The molecule has 6 nitrogen and oxygen atoms in total. The Labute approximate surface area is 136 Å². The van der Waals surface area contributed by atoms with Crippen LogP contribution in [0.4, 0.5) is 0 Å². The van der Waals surface area contributed by atoms with Gasteiger partial charge >= 0.3 is 5.97 Å². The SMILES string of the molecule is Cc1onc2c1c(=O)n(CCCCC(=O)O)c1cccc(Cl)c21. The molecule has 0 amide bonds. The Morgan fingerprint density at radius 1 is 1.35 bits per heavy atom. The fraction of sp³-hybridized carbons (Fsp3) is 0.312. The summed E-state index contributed by atoms with van der Waals surface area (Å²) in [6.07, 6.45) is 1.18. The van der Waals surface area contributed by atoms with Crippen molar-refractivity contribution in [3.8, 4) is 0 Å². The van der Waals surface area contributed by atoms with Crippen LogP contribution in [0.5, 0.6) is 0 Å². The minimum Gasteiger partial charge on any atom is -0.481 e. The van der Waals surface area contributed by atoms with Gasteiger partial charge in [0.05, 0.1) is 10.5 Å². The minimum absolute atomic E-state index is 0.0853. The van der Waals surface area contributed by atoms with Crippen molar-refractivity contribution >= 4 is 39.4 Å². The van der Waals surface area contributed by atoms with E-state index in [9.17, 15) is 9.59 Å². The normalized spacial score (nSPS) is 11.4. The molecule has 0 aliphatic rings. The summed E-state index contributed by atoms with van der Waals surface area (Å²) >= 11 is 6.30. The summed E-state index contributed by atoms with van der Waals surface area (Å²) in [5.41, 5.74) is 0.956. The largest absolute Gasteiger partial charge is 0.481 e. The number of hydrogen-bond donors (Lipinski definition) is 1. The van der Waals surface area contributed by atoms with E-state index in [0.29, 0.717) is 52.0 Å². The number of carboxylic acid groups (broad SMARTS) is 1. The highest BCUT2D eigenvalue weighted by Crippen LogP contribution is 2.30. The van der Waals surface area contributed by atoms with Crippen LogP contribution in [0.3, 0.4) is 0 Å². The van der Waals surface area contributed by atoms with Crippen LogP contribution in [-0.4, -0.2) is 20.8 Å². The number of pyridine rings is 1. The molecule has 0 radical (unpaired) electrons. The van der Waals surface area contributed by atoms with Gasteiger partial charge in [-0.15, -0.1) is 0 Å². The number of aliphatic carboxylic acids is 1. The van der Waals surface area contributed by atoms with Crippen molar-refractivity contribution in [2.45, 2.75) is 32.7 Å². The van der Waals surface area contributed by atoms with Crippen molar-refractivity contribution < 1.29 is 14.4 Å². The zero-order valence-corrected chi connectivity index (χ0v) is 13.3. The molecule has 3 rings (SSSR count). The molecule has 0 saturated heterocycles. The second kappa shape index (κ2) is 6.04. The van der Waals surface area contributed by atoms with E-state index in [1.807, 2.05) is 6.07 Å². The third-order valence-corrected chi connectivity index (χ3v) is 4.18. The number of halogens is 1. The average molecular weight is 335 g/mol. The van der Waals surface area contributed by atoms with Gasteiger partial charge in [-0.3, -0.25) is 9.59 Å². The van der Waals surface area contributed by atoms with Gasteiger partial charge in [0.2, 0.25) is 0 Å². The molecule has 23 heavy (non-hydrogen) atoms. The van der Waals surface area contributed by atoms with E-state index in [1.54, 1.807) is 23.6 Å². The maximum atomic E-state index is 12.8. The third-order valence-electron chi connectivity index (χ3n) is 3.86. The molecule has 3 aromatic rings. The average Bonchev–Trinajstić information content (AvgIpc) is 2.88. The lowest BCUT2D eigenvalue weighted by Crippen LogP contribution is -2.21. The van der Waals surface area contributed by atoms with Crippen molar-refractivity contribution in [1.29, 1.82) is 0 Å². The molecule has 1 aromatic carbocycles. The second-order valence-corrected chi connectivity index (χ2v) is 5.81. The van der Waals surface area contributed by atoms with Crippen molar-refractivity contribution in [2.75, 3.05) is 0 Å². The summed E-state index contributed by atoms with van der Waals surface area (Å²) in [6.45, 7) is 2.11. The Kier molecular flexibility index (Phi) is 4.09. The van der Waals surface area contributed by atoms with Crippen LogP contribution in [0, 0.1) is 6.92 Å². The smallest absolute Gasteiger partial charge is 0.303 e. The molecule has 2 aromatic heterocycles. The van der Waals surface area contributed by atoms with E-state index in [1.165, 1.54) is 0 Å². The van der Waals surface area contributed by atoms with Gasteiger partial charge in [-0.05, 0) is 31.9 Å². The molecule has 0 spiro atoms. The van der Waals surface area contributed by atoms with Crippen LogP contribution in [0.25, 0.3) is 21.8 Å². The number of unbranched alkanes of at least 4 members (excludes halogenated alkanes) is 1. The monoisotopic (exact) mass is 334 g/mol. The van der Waals surface area contributed by atoms with E-state index in [2.05, 4.69) is 5.16 Å². The van der Waals surface area contributed by atoms with Crippen LogP contribution < -0.4 is 5.56 Å². The Hall–Kier alpha value is -2.34. The third kappa shape index (κ3) is 2.70. The predicted octanol–water partition coefficient (Wildman–Crippen LogP) is 3.36. The van der Waals surface area contributed by atoms with Crippen LogP contribution in [0.2, 0.25) is 5.02 Å². The Morgan fingerprint density at radius 3 is 2.87 bits per heavy atom. The number of nitrogens with zero attached hydrogens (tertiary/aromatic N) is 2. The first-order valence-corrected chi connectivity index (χ1v) is 7.67. The highest BCUT2D eigenvalue weighted by Gasteiger charge is 2.18. The maximum absolute atomic E-state index is 12.8. The van der Waals surface area contributed by atoms with E-state index in [-0.39, 0.29) is 12.0 Å². The molecule has 7 heteroatoms. The van der Waals surface area contributed by atoms with Gasteiger partial charge in [0.1, 0.15) is 16.7 Å². The van der Waals surface area contributed by atoms with Crippen LogP contribution in [0.1, 0.15) is 25.0 Å². The van der Waals surface area contributed by atoms with Gasteiger partial charge in [0.25, 0.3) is 5.56 Å². The highest BCUT2D eigenvalue weighted by molar-refractivity contribution is 6.37. The maximum Gasteiger partial charge on any atom is 0.303 e. The molecular weight excluding hydrogens is 320 g/mol. The van der Waals surface area contributed by atoms with Gasteiger partial charge < -0.3 is 14.2 Å². The molecule has 0 atom stereocenters. The summed E-state index contributed by atoms with van der Waals surface area (Å²) in [4.78, 5) is 23.4. The highest BCUT2D eigenvalue weighted by atomic mass is 35.5. The van der Waals surface area contributed by atoms with Gasteiger partial charge in [-0.1, -0.05) is 22.8 Å². The van der Waals surface area contributed by atoms with E-state index in [4.69, 9.17) is 21.2 Å². The van der Waals surface area contributed by atoms with Gasteiger partial charge in [-0.2, -0.15) is 0 Å². The number of benzene rings is 1. The molecular formula is C16H15ClN2O4. The van der Waals surface area contributed by atoms with Crippen molar-refractivity contribution in [1.82, 2.24) is 9.72 Å². The topological polar surface area (TPSA) is 85.3 Å². The van der Waals surface area contributed by atoms with Crippen molar-refractivity contribution in [2.24, 2.45) is 0 Å². The molecule has 0 aliphatic heterocycles. The number of rotatable bonds is 5. The molecule has 0 unspecified atom stereocenters. The summed E-state index contributed by atoms with van der Waals surface area (Å²) in [7, 11) is 0. The molecule has 0 fully saturated rings. The summed E-state index contributed by atoms with van der Waals surface area (Å²) in [5, 5.41) is 14.3. The molecule has 1 N–H and O–H groups in total. The molecule has 0 saturated carbocycles. The number of carboxylic acids is 1.